The molecule has 6 heteroatoms. The van der Waals surface area contributed by atoms with E-state index in [0.29, 0.717) is 11.7 Å². The number of hydrogen-bond donors (Lipinski definition) is 1. The normalized spacial score (nSPS) is 15.6. The summed E-state index contributed by atoms with van der Waals surface area (Å²) >= 11 is 5.18. The minimum absolute atomic E-state index is 0.582. The maximum Gasteiger partial charge on any atom is 0.169 e. The van der Waals surface area contributed by atoms with Crippen molar-refractivity contribution in [1.29, 1.82) is 0 Å². The Kier molecular flexibility index (Phi) is 2.48. The maximum absolute atomic E-state index is 5.84. The van der Waals surface area contributed by atoms with Crippen LogP contribution in [0.1, 0.15) is 29.3 Å². The van der Waals surface area contributed by atoms with Crippen molar-refractivity contribution >= 4 is 33.1 Å². The zero-order valence-corrected chi connectivity index (χ0v) is 11.0. The van der Waals surface area contributed by atoms with E-state index in [2.05, 4.69) is 38.4 Å². The van der Waals surface area contributed by atoms with Crippen LogP contribution in [0.15, 0.2) is 15.9 Å². The Bertz CT molecular complexity index is 515. The van der Waals surface area contributed by atoms with Gasteiger partial charge in [0, 0.05) is 10.8 Å². The van der Waals surface area contributed by atoms with Crippen molar-refractivity contribution in [3.05, 3.63) is 26.5 Å². The van der Waals surface area contributed by atoms with Crippen LogP contribution in [-0.4, -0.2) is 15.0 Å². The summed E-state index contributed by atoms with van der Waals surface area (Å²) in [6, 6.07) is 4.15. The van der Waals surface area contributed by atoms with Crippen LogP contribution in [0.4, 0.5) is 5.82 Å². The van der Waals surface area contributed by atoms with Gasteiger partial charge in [-0.1, -0.05) is 5.21 Å². The lowest BCUT2D eigenvalue weighted by Gasteiger charge is -2.03. The van der Waals surface area contributed by atoms with Crippen LogP contribution in [-0.2, 0) is 6.54 Å². The van der Waals surface area contributed by atoms with E-state index in [1.807, 2.05) is 4.68 Å². The highest BCUT2D eigenvalue weighted by molar-refractivity contribution is 9.11. The van der Waals surface area contributed by atoms with Crippen molar-refractivity contribution < 1.29 is 0 Å². The standard InChI is InChI=1S/C10H11BrN4S/c11-8-4-3-7(16-8)5-15-9(6-1-2-6)10(12)13-14-15/h3-4,6H,1-2,5,12H2. The van der Waals surface area contributed by atoms with Gasteiger partial charge in [0.05, 0.1) is 16.0 Å². The fraction of sp³-hybridized carbons (Fsp3) is 0.400. The average molecular weight is 299 g/mol. The first-order valence-electron chi connectivity index (χ1n) is 5.17. The lowest BCUT2D eigenvalue weighted by molar-refractivity contribution is 0.625. The molecule has 84 valence electrons. The molecule has 16 heavy (non-hydrogen) atoms. The van der Waals surface area contributed by atoms with Gasteiger partial charge in [-0.05, 0) is 40.9 Å². The third-order valence-corrected chi connectivity index (χ3v) is 4.31. The molecular weight excluding hydrogens is 288 g/mol. The van der Waals surface area contributed by atoms with Crippen LogP contribution in [0.25, 0.3) is 0 Å². The van der Waals surface area contributed by atoms with Crippen LogP contribution in [0.5, 0.6) is 0 Å². The monoisotopic (exact) mass is 298 g/mol. The first-order valence-corrected chi connectivity index (χ1v) is 6.78. The molecule has 0 aromatic carbocycles. The van der Waals surface area contributed by atoms with E-state index in [0.717, 1.165) is 16.0 Å². The minimum Gasteiger partial charge on any atom is -0.381 e. The molecule has 0 atom stereocenters. The van der Waals surface area contributed by atoms with Gasteiger partial charge in [0.2, 0.25) is 0 Å². The molecule has 2 N–H and O–H groups in total. The first kappa shape index (κ1) is 10.3. The van der Waals surface area contributed by atoms with Gasteiger partial charge in [0.25, 0.3) is 0 Å². The molecule has 0 bridgehead atoms. The summed E-state index contributed by atoms with van der Waals surface area (Å²) in [4.78, 5) is 1.26. The Labute approximate surface area is 106 Å². The van der Waals surface area contributed by atoms with Gasteiger partial charge in [-0.3, -0.25) is 0 Å². The summed E-state index contributed by atoms with van der Waals surface area (Å²) in [6.07, 6.45) is 2.43. The van der Waals surface area contributed by atoms with Crippen molar-refractivity contribution in [1.82, 2.24) is 15.0 Å². The number of aromatic nitrogens is 3. The predicted molar refractivity (Wildman–Crippen MR) is 67.5 cm³/mol. The van der Waals surface area contributed by atoms with E-state index in [4.69, 9.17) is 5.73 Å². The SMILES string of the molecule is Nc1nnn(Cc2ccc(Br)s2)c1C1CC1. The van der Waals surface area contributed by atoms with Gasteiger partial charge in [0.1, 0.15) is 0 Å². The molecule has 1 fully saturated rings. The van der Waals surface area contributed by atoms with Crippen molar-refractivity contribution in [2.24, 2.45) is 0 Å². The molecule has 2 aromatic rings. The Hall–Kier alpha value is -0.880. The lowest BCUT2D eigenvalue weighted by Crippen LogP contribution is -2.05. The maximum atomic E-state index is 5.84. The van der Waals surface area contributed by atoms with Crippen LogP contribution < -0.4 is 5.73 Å². The number of nitrogens with zero attached hydrogens (tertiary/aromatic N) is 3. The summed E-state index contributed by atoms with van der Waals surface area (Å²) in [7, 11) is 0. The van der Waals surface area contributed by atoms with Crippen LogP contribution in [0.2, 0.25) is 0 Å². The van der Waals surface area contributed by atoms with E-state index in [1.54, 1.807) is 11.3 Å². The summed E-state index contributed by atoms with van der Waals surface area (Å²) in [5.41, 5.74) is 6.96. The molecule has 0 aliphatic heterocycles. The molecule has 1 saturated carbocycles. The molecule has 1 aliphatic carbocycles. The highest BCUT2D eigenvalue weighted by Crippen LogP contribution is 2.42. The average Bonchev–Trinajstić information content (AvgIpc) is 2.91. The van der Waals surface area contributed by atoms with E-state index in [-0.39, 0.29) is 0 Å². The molecule has 1 aliphatic rings. The van der Waals surface area contributed by atoms with Crippen LogP contribution in [0.3, 0.4) is 0 Å². The summed E-state index contributed by atoms with van der Waals surface area (Å²) in [6.45, 7) is 0.770. The van der Waals surface area contributed by atoms with Gasteiger partial charge >= 0.3 is 0 Å². The Morgan fingerprint density at radius 1 is 1.50 bits per heavy atom. The summed E-state index contributed by atoms with van der Waals surface area (Å²) in [5, 5.41) is 8.08. The van der Waals surface area contributed by atoms with Crippen molar-refractivity contribution in [2.45, 2.75) is 25.3 Å². The van der Waals surface area contributed by atoms with Crippen molar-refractivity contribution in [2.75, 3.05) is 5.73 Å². The van der Waals surface area contributed by atoms with E-state index >= 15 is 0 Å². The second-order valence-corrected chi connectivity index (χ2v) is 6.55. The van der Waals surface area contributed by atoms with Crippen molar-refractivity contribution in [3.63, 3.8) is 0 Å². The zero-order chi connectivity index (χ0) is 11.1. The molecule has 0 amide bonds. The first-order chi connectivity index (χ1) is 7.74. The third-order valence-electron chi connectivity index (χ3n) is 2.70. The van der Waals surface area contributed by atoms with Gasteiger partial charge in [0.15, 0.2) is 5.82 Å². The highest BCUT2D eigenvalue weighted by atomic mass is 79.9. The number of nitrogen functional groups attached to an aromatic ring is 1. The third kappa shape index (κ3) is 1.87. The second kappa shape index (κ2) is 3.85. The number of hydrogen-bond acceptors (Lipinski definition) is 4. The molecule has 0 saturated heterocycles. The lowest BCUT2D eigenvalue weighted by atomic mass is 10.3. The quantitative estimate of drug-likeness (QED) is 0.948. The van der Waals surface area contributed by atoms with Gasteiger partial charge in [-0.2, -0.15) is 0 Å². The van der Waals surface area contributed by atoms with Gasteiger partial charge in [-0.15, -0.1) is 16.4 Å². The zero-order valence-electron chi connectivity index (χ0n) is 8.56. The Morgan fingerprint density at radius 2 is 2.31 bits per heavy atom. The fourth-order valence-corrected chi connectivity index (χ4v) is 3.28. The Morgan fingerprint density at radius 3 is 2.94 bits per heavy atom. The number of anilines is 1. The van der Waals surface area contributed by atoms with Crippen LogP contribution >= 0.6 is 27.3 Å². The molecule has 0 spiro atoms. The number of thiophene rings is 1. The summed E-state index contributed by atoms with van der Waals surface area (Å²) in [5.74, 6) is 1.18. The van der Waals surface area contributed by atoms with E-state index in [9.17, 15) is 0 Å². The molecule has 4 nitrogen and oxygen atoms in total. The molecule has 2 heterocycles. The fourth-order valence-electron chi connectivity index (χ4n) is 1.81. The van der Waals surface area contributed by atoms with Gasteiger partial charge < -0.3 is 5.73 Å². The summed E-state index contributed by atoms with van der Waals surface area (Å²) < 4.78 is 3.08. The minimum atomic E-state index is 0.582. The van der Waals surface area contributed by atoms with E-state index < -0.39 is 0 Å². The molecule has 3 rings (SSSR count). The second-order valence-electron chi connectivity index (χ2n) is 4.00. The smallest absolute Gasteiger partial charge is 0.169 e. The number of halogens is 1. The largest absolute Gasteiger partial charge is 0.381 e. The van der Waals surface area contributed by atoms with Crippen LogP contribution in [0, 0.1) is 0 Å². The molecule has 0 radical (unpaired) electrons. The molecule has 2 aromatic heterocycles. The number of nitrogens with two attached hydrogens (primary N) is 1. The van der Waals surface area contributed by atoms with Crippen molar-refractivity contribution in [3.8, 4) is 0 Å². The molecule has 0 unspecified atom stereocenters. The highest BCUT2D eigenvalue weighted by Gasteiger charge is 2.30. The Balaban J connectivity index is 1.89. The topological polar surface area (TPSA) is 56.7 Å². The number of rotatable bonds is 3. The molecular formula is C10H11BrN4S. The van der Waals surface area contributed by atoms with E-state index in [1.165, 1.54) is 17.7 Å². The van der Waals surface area contributed by atoms with Gasteiger partial charge in [-0.25, -0.2) is 4.68 Å². The predicted octanol–water partition coefficient (Wildman–Crippen LogP) is 2.61.